The van der Waals surface area contributed by atoms with Crippen molar-refractivity contribution in [3.05, 3.63) is 47.5 Å². The Morgan fingerprint density at radius 1 is 1.08 bits per heavy atom. The van der Waals surface area contributed by atoms with Crippen molar-refractivity contribution in [1.82, 2.24) is 15.3 Å². The van der Waals surface area contributed by atoms with Crippen LogP contribution >= 0.6 is 0 Å². The number of nitrogens with one attached hydrogen (secondary N) is 1. The van der Waals surface area contributed by atoms with Gasteiger partial charge in [0.2, 0.25) is 0 Å². The minimum Gasteiger partial charge on any atom is -0.543 e. The molecule has 1 heterocycles. The number of hydrogen-bond donors (Lipinski definition) is 1. The molecule has 0 aliphatic rings. The van der Waals surface area contributed by atoms with Gasteiger partial charge in [-0.2, -0.15) is 0 Å². The molecule has 0 atom stereocenters. The van der Waals surface area contributed by atoms with Gasteiger partial charge in [0.1, 0.15) is 5.69 Å². The van der Waals surface area contributed by atoms with Crippen molar-refractivity contribution < 1.29 is 24.2 Å². The van der Waals surface area contributed by atoms with Crippen molar-refractivity contribution in [1.29, 1.82) is 0 Å². The number of carboxylic acids is 1. The number of aromatic carboxylic acids is 1. The van der Waals surface area contributed by atoms with Gasteiger partial charge in [-0.3, -0.25) is 9.78 Å². The fraction of sp³-hybridized carbons (Fsp3) is 0.250. The second kappa shape index (κ2) is 7.91. The number of amides is 1. The van der Waals surface area contributed by atoms with E-state index in [4.69, 9.17) is 9.47 Å². The number of ether oxygens (including phenoxy) is 2. The van der Waals surface area contributed by atoms with E-state index in [1.54, 1.807) is 26.4 Å². The molecule has 0 aliphatic carbocycles. The Balaban J connectivity index is 2.00. The molecular formula is C16H16N3O5-. The van der Waals surface area contributed by atoms with Gasteiger partial charge in [-0.25, -0.2) is 4.98 Å². The van der Waals surface area contributed by atoms with E-state index in [-0.39, 0.29) is 12.2 Å². The van der Waals surface area contributed by atoms with Crippen molar-refractivity contribution in [3.8, 4) is 11.5 Å². The van der Waals surface area contributed by atoms with Gasteiger partial charge in [-0.05, 0) is 24.1 Å². The van der Waals surface area contributed by atoms with E-state index in [2.05, 4.69) is 15.3 Å². The van der Waals surface area contributed by atoms with E-state index in [0.717, 1.165) is 5.56 Å². The lowest BCUT2D eigenvalue weighted by Gasteiger charge is -2.11. The highest BCUT2D eigenvalue weighted by Gasteiger charge is 2.14. The predicted octanol–water partition coefficient (Wildman–Crippen LogP) is -0.170. The summed E-state index contributed by atoms with van der Waals surface area (Å²) < 4.78 is 10.4. The summed E-state index contributed by atoms with van der Waals surface area (Å²) in [5.74, 6) is -0.964. The van der Waals surface area contributed by atoms with Crippen molar-refractivity contribution in [3.63, 3.8) is 0 Å². The topological polar surface area (TPSA) is 113 Å². The van der Waals surface area contributed by atoms with Crippen LogP contribution in [-0.4, -0.2) is 42.6 Å². The van der Waals surface area contributed by atoms with Gasteiger partial charge >= 0.3 is 0 Å². The standard InChI is InChI=1S/C16H17N3O5/c1-23-11-4-3-10(9-12(11)24-2)5-6-19-15(20)13-14(16(21)22)18-8-7-17-13/h3-4,7-9H,5-6H2,1-2H3,(H,19,20)(H,21,22)/p-1. The van der Waals surface area contributed by atoms with E-state index in [1.807, 2.05) is 6.07 Å². The molecule has 0 aliphatic heterocycles. The van der Waals surface area contributed by atoms with Gasteiger partial charge in [-0.1, -0.05) is 6.07 Å². The van der Waals surface area contributed by atoms with Gasteiger partial charge in [0.15, 0.2) is 17.2 Å². The zero-order chi connectivity index (χ0) is 17.5. The van der Waals surface area contributed by atoms with Crippen LogP contribution in [0.3, 0.4) is 0 Å². The first-order chi connectivity index (χ1) is 11.6. The van der Waals surface area contributed by atoms with Gasteiger partial charge in [0.25, 0.3) is 5.91 Å². The summed E-state index contributed by atoms with van der Waals surface area (Å²) in [6, 6.07) is 5.43. The van der Waals surface area contributed by atoms with E-state index < -0.39 is 17.6 Å². The van der Waals surface area contributed by atoms with E-state index in [9.17, 15) is 14.7 Å². The third-order valence-corrected chi connectivity index (χ3v) is 3.25. The largest absolute Gasteiger partial charge is 0.543 e. The quantitative estimate of drug-likeness (QED) is 0.749. The smallest absolute Gasteiger partial charge is 0.272 e. The number of carbonyl (C=O) groups is 2. The molecular weight excluding hydrogens is 314 g/mol. The molecule has 8 heteroatoms. The molecule has 1 aromatic heterocycles. The van der Waals surface area contributed by atoms with Gasteiger partial charge in [-0.15, -0.1) is 0 Å². The number of aromatic nitrogens is 2. The molecule has 8 nitrogen and oxygen atoms in total. The molecule has 1 amide bonds. The van der Waals surface area contributed by atoms with Crippen LogP contribution in [0.5, 0.6) is 11.5 Å². The number of carboxylic acid groups (broad SMARTS) is 1. The Labute approximate surface area is 138 Å². The summed E-state index contributed by atoms with van der Waals surface area (Å²) in [5, 5.41) is 13.5. The molecule has 0 saturated carbocycles. The van der Waals surface area contributed by atoms with Crippen LogP contribution in [0.4, 0.5) is 0 Å². The molecule has 1 N–H and O–H groups in total. The first-order valence-corrected chi connectivity index (χ1v) is 7.08. The van der Waals surface area contributed by atoms with Crippen molar-refractivity contribution >= 4 is 11.9 Å². The highest BCUT2D eigenvalue weighted by atomic mass is 16.5. The van der Waals surface area contributed by atoms with Gasteiger partial charge < -0.3 is 24.7 Å². The minimum atomic E-state index is -1.55. The fourth-order valence-electron chi connectivity index (χ4n) is 2.09. The Kier molecular flexibility index (Phi) is 5.67. The summed E-state index contributed by atoms with van der Waals surface area (Å²) in [7, 11) is 3.09. The number of carbonyl (C=O) groups excluding carboxylic acids is 2. The van der Waals surface area contributed by atoms with Crippen LogP contribution in [0.15, 0.2) is 30.6 Å². The maximum absolute atomic E-state index is 12.0. The summed E-state index contributed by atoms with van der Waals surface area (Å²) in [6.45, 7) is 0.289. The molecule has 2 rings (SSSR count). The monoisotopic (exact) mass is 330 g/mol. The third-order valence-electron chi connectivity index (χ3n) is 3.25. The average Bonchev–Trinajstić information content (AvgIpc) is 2.61. The highest BCUT2D eigenvalue weighted by molar-refractivity contribution is 6.01. The van der Waals surface area contributed by atoms with Crippen LogP contribution in [0.25, 0.3) is 0 Å². The van der Waals surface area contributed by atoms with Crippen molar-refractivity contribution in [2.24, 2.45) is 0 Å². The normalized spacial score (nSPS) is 10.1. The zero-order valence-corrected chi connectivity index (χ0v) is 13.2. The van der Waals surface area contributed by atoms with Crippen LogP contribution < -0.4 is 19.9 Å². The summed E-state index contributed by atoms with van der Waals surface area (Å²) in [4.78, 5) is 30.3. The Morgan fingerprint density at radius 3 is 2.38 bits per heavy atom. The Morgan fingerprint density at radius 2 is 1.75 bits per heavy atom. The first kappa shape index (κ1) is 17.2. The summed E-state index contributed by atoms with van der Waals surface area (Å²) in [6.07, 6.45) is 2.95. The second-order valence-corrected chi connectivity index (χ2v) is 4.74. The molecule has 0 fully saturated rings. The molecule has 24 heavy (non-hydrogen) atoms. The molecule has 126 valence electrons. The predicted molar refractivity (Wildman–Crippen MR) is 81.9 cm³/mol. The van der Waals surface area contributed by atoms with E-state index in [1.165, 1.54) is 12.4 Å². The first-order valence-electron chi connectivity index (χ1n) is 7.08. The van der Waals surface area contributed by atoms with Gasteiger partial charge in [0.05, 0.1) is 20.2 Å². The SMILES string of the molecule is COc1ccc(CCNC(=O)c2nccnc2C(=O)[O-])cc1OC. The maximum Gasteiger partial charge on any atom is 0.272 e. The van der Waals surface area contributed by atoms with Crippen LogP contribution in [0.2, 0.25) is 0 Å². The third kappa shape index (κ3) is 3.97. The molecule has 0 radical (unpaired) electrons. The highest BCUT2D eigenvalue weighted by Crippen LogP contribution is 2.27. The Bertz CT molecular complexity index is 748. The number of methoxy groups -OCH3 is 2. The lowest BCUT2D eigenvalue weighted by molar-refractivity contribution is -0.255. The van der Waals surface area contributed by atoms with Crippen molar-refractivity contribution in [2.45, 2.75) is 6.42 Å². The lowest BCUT2D eigenvalue weighted by atomic mass is 10.1. The van der Waals surface area contributed by atoms with E-state index in [0.29, 0.717) is 17.9 Å². The molecule has 2 aromatic rings. The molecule has 0 saturated heterocycles. The summed E-state index contributed by atoms with van der Waals surface area (Å²) in [5.41, 5.74) is 0.165. The number of nitrogens with zero attached hydrogens (tertiary/aromatic N) is 2. The minimum absolute atomic E-state index is 0.273. The molecule has 0 bridgehead atoms. The zero-order valence-electron chi connectivity index (χ0n) is 13.2. The average molecular weight is 330 g/mol. The van der Waals surface area contributed by atoms with Gasteiger partial charge in [0, 0.05) is 18.9 Å². The van der Waals surface area contributed by atoms with Crippen LogP contribution in [0, 0.1) is 0 Å². The molecule has 0 unspecified atom stereocenters. The van der Waals surface area contributed by atoms with E-state index >= 15 is 0 Å². The fourth-order valence-corrected chi connectivity index (χ4v) is 2.09. The molecule has 1 aromatic carbocycles. The number of hydrogen-bond acceptors (Lipinski definition) is 7. The number of rotatable bonds is 7. The second-order valence-electron chi connectivity index (χ2n) is 4.74. The number of benzene rings is 1. The molecule has 0 spiro atoms. The summed E-state index contributed by atoms with van der Waals surface area (Å²) >= 11 is 0. The maximum atomic E-state index is 12.0. The van der Waals surface area contributed by atoms with Crippen molar-refractivity contribution in [2.75, 3.05) is 20.8 Å². The lowest BCUT2D eigenvalue weighted by Crippen LogP contribution is -2.32. The van der Waals surface area contributed by atoms with Crippen LogP contribution in [-0.2, 0) is 6.42 Å². The Hall–Kier alpha value is -3.16. The van der Waals surface area contributed by atoms with Crippen LogP contribution in [0.1, 0.15) is 26.5 Å².